The van der Waals surface area contributed by atoms with Crippen LogP contribution in [0.2, 0.25) is 0 Å². The molecule has 0 aliphatic carbocycles. The number of hydrogen-bond donors (Lipinski definition) is 2. The van der Waals surface area contributed by atoms with Crippen LogP contribution in [0.25, 0.3) is 0 Å². The van der Waals surface area contributed by atoms with Gasteiger partial charge >= 0.3 is 0 Å². The summed E-state index contributed by atoms with van der Waals surface area (Å²) < 4.78 is 5.40. The van der Waals surface area contributed by atoms with Gasteiger partial charge in [0.2, 0.25) is 5.89 Å². The highest BCUT2D eigenvalue weighted by molar-refractivity contribution is 4.98. The lowest BCUT2D eigenvalue weighted by atomic mass is 9.98. The minimum absolute atomic E-state index is 0.467. The van der Waals surface area contributed by atoms with Crippen molar-refractivity contribution in [3.05, 3.63) is 11.7 Å². The van der Waals surface area contributed by atoms with E-state index in [1.807, 2.05) is 0 Å². The molecule has 0 saturated carbocycles. The lowest BCUT2D eigenvalue weighted by Crippen LogP contribution is -2.27. The molecule has 3 heterocycles. The van der Waals surface area contributed by atoms with Gasteiger partial charge in [-0.2, -0.15) is 4.98 Å². The van der Waals surface area contributed by atoms with Crippen LogP contribution in [-0.4, -0.2) is 35.8 Å². The second kappa shape index (κ2) is 5.14. The first-order chi connectivity index (χ1) is 8.42. The van der Waals surface area contributed by atoms with Crippen molar-refractivity contribution in [3.63, 3.8) is 0 Å². The average Bonchev–Trinajstić information content (AvgIpc) is 3.02. The maximum atomic E-state index is 5.40. The molecule has 2 fully saturated rings. The second-order valence-corrected chi connectivity index (χ2v) is 5.07. The molecular weight excluding hydrogens is 216 g/mol. The Hall–Kier alpha value is -0.940. The Morgan fingerprint density at radius 2 is 2.06 bits per heavy atom. The van der Waals surface area contributed by atoms with Gasteiger partial charge in [-0.25, -0.2) is 0 Å². The summed E-state index contributed by atoms with van der Waals surface area (Å²) in [7, 11) is 0. The molecule has 2 aliphatic heterocycles. The van der Waals surface area contributed by atoms with Crippen LogP contribution < -0.4 is 10.6 Å². The van der Waals surface area contributed by atoms with Crippen molar-refractivity contribution in [1.29, 1.82) is 0 Å². The maximum Gasteiger partial charge on any atom is 0.229 e. The lowest BCUT2D eigenvalue weighted by Gasteiger charge is -2.18. The predicted octanol–water partition coefficient (Wildman–Crippen LogP) is 0.831. The van der Waals surface area contributed by atoms with Crippen molar-refractivity contribution in [3.8, 4) is 0 Å². The molecule has 0 amide bonds. The number of piperidine rings is 1. The van der Waals surface area contributed by atoms with Crippen LogP contribution in [0.4, 0.5) is 0 Å². The molecule has 5 nitrogen and oxygen atoms in total. The van der Waals surface area contributed by atoms with E-state index in [1.54, 1.807) is 0 Å². The largest absolute Gasteiger partial charge is 0.339 e. The van der Waals surface area contributed by atoms with Crippen molar-refractivity contribution in [2.24, 2.45) is 0 Å². The zero-order valence-electron chi connectivity index (χ0n) is 10.1. The summed E-state index contributed by atoms with van der Waals surface area (Å²) in [5.74, 6) is 2.19. The van der Waals surface area contributed by atoms with E-state index in [0.29, 0.717) is 12.0 Å². The highest BCUT2D eigenvalue weighted by Gasteiger charge is 2.23. The minimum Gasteiger partial charge on any atom is -0.339 e. The first-order valence-electron chi connectivity index (χ1n) is 6.68. The van der Waals surface area contributed by atoms with E-state index in [1.165, 1.54) is 12.8 Å². The van der Waals surface area contributed by atoms with E-state index in [9.17, 15) is 0 Å². The summed E-state index contributed by atoms with van der Waals surface area (Å²) in [6.45, 7) is 3.25. The zero-order chi connectivity index (χ0) is 11.5. The van der Waals surface area contributed by atoms with Crippen molar-refractivity contribution in [2.75, 3.05) is 19.6 Å². The molecular formula is C12H20N4O. The third-order valence-corrected chi connectivity index (χ3v) is 3.76. The first kappa shape index (κ1) is 11.2. The summed E-state index contributed by atoms with van der Waals surface area (Å²) in [5.41, 5.74) is 0. The summed E-state index contributed by atoms with van der Waals surface area (Å²) >= 11 is 0. The number of hydrogen-bond acceptors (Lipinski definition) is 5. The van der Waals surface area contributed by atoms with Crippen LogP contribution in [0.5, 0.6) is 0 Å². The lowest BCUT2D eigenvalue weighted by molar-refractivity contribution is 0.317. The molecule has 94 valence electrons. The van der Waals surface area contributed by atoms with Crippen LogP contribution in [0, 0.1) is 0 Å². The third kappa shape index (κ3) is 2.66. The standard InChI is InChI=1S/C12H20N4O/c1-2-10(14-5-1)8-11-15-12(17-16-11)9-3-6-13-7-4-9/h9-10,13-14H,1-8H2. The van der Waals surface area contributed by atoms with Gasteiger partial charge in [-0.15, -0.1) is 0 Å². The van der Waals surface area contributed by atoms with Crippen LogP contribution in [0.3, 0.4) is 0 Å². The normalized spacial score (nSPS) is 26.5. The number of rotatable bonds is 3. The van der Waals surface area contributed by atoms with Gasteiger partial charge in [-0.3, -0.25) is 0 Å². The van der Waals surface area contributed by atoms with Gasteiger partial charge in [0.25, 0.3) is 0 Å². The molecule has 2 aliphatic rings. The van der Waals surface area contributed by atoms with Crippen molar-refractivity contribution >= 4 is 0 Å². The zero-order valence-corrected chi connectivity index (χ0v) is 10.1. The van der Waals surface area contributed by atoms with E-state index in [0.717, 1.165) is 50.6 Å². The molecule has 0 aromatic carbocycles. The highest BCUT2D eigenvalue weighted by atomic mass is 16.5. The third-order valence-electron chi connectivity index (χ3n) is 3.76. The number of nitrogens with zero attached hydrogens (tertiary/aromatic N) is 2. The van der Waals surface area contributed by atoms with Crippen LogP contribution in [-0.2, 0) is 6.42 Å². The molecule has 1 aromatic heterocycles. The molecule has 2 saturated heterocycles. The molecule has 2 N–H and O–H groups in total. The fraction of sp³-hybridized carbons (Fsp3) is 0.833. The topological polar surface area (TPSA) is 63.0 Å². The Balaban J connectivity index is 1.60. The molecule has 0 bridgehead atoms. The second-order valence-electron chi connectivity index (χ2n) is 5.07. The Morgan fingerprint density at radius 3 is 2.82 bits per heavy atom. The first-order valence-corrected chi connectivity index (χ1v) is 6.68. The van der Waals surface area contributed by atoms with Crippen molar-refractivity contribution < 1.29 is 4.52 Å². The Bertz CT molecular complexity index is 353. The Morgan fingerprint density at radius 1 is 1.18 bits per heavy atom. The van der Waals surface area contributed by atoms with Gasteiger partial charge in [-0.05, 0) is 45.3 Å². The van der Waals surface area contributed by atoms with Gasteiger partial charge in [0.05, 0.1) is 0 Å². The Kier molecular flexibility index (Phi) is 3.38. The number of aromatic nitrogens is 2. The molecule has 1 aromatic rings. The number of nitrogens with one attached hydrogen (secondary N) is 2. The molecule has 17 heavy (non-hydrogen) atoms. The van der Waals surface area contributed by atoms with Gasteiger partial charge < -0.3 is 15.2 Å². The van der Waals surface area contributed by atoms with E-state index >= 15 is 0 Å². The molecule has 0 spiro atoms. The molecule has 0 radical (unpaired) electrons. The van der Waals surface area contributed by atoms with Gasteiger partial charge in [0.1, 0.15) is 0 Å². The van der Waals surface area contributed by atoms with E-state index in [2.05, 4.69) is 20.8 Å². The summed E-state index contributed by atoms with van der Waals surface area (Å²) in [4.78, 5) is 4.55. The van der Waals surface area contributed by atoms with Gasteiger partial charge in [0.15, 0.2) is 5.82 Å². The summed E-state index contributed by atoms with van der Waals surface area (Å²) in [6.07, 6.45) is 5.64. The van der Waals surface area contributed by atoms with E-state index in [4.69, 9.17) is 4.52 Å². The average molecular weight is 236 g/mol. The fourth-order valence-electron chi connectivity index (χ4n) is 2.74. The molecule has 1 atom stereocenters. The predicted molar refractivity (Wildman–Crippen MR) is 63.9 cm³/mol. The monoisotopic (exact) mass is 236 g/mol. The molecule has 5 heteroatoms. The molecule has 3 rings (SSSR count). The van der Waals surface area contributed by atoms with E-state index < -0.39 is 0 Å². The summed E-state index contributed by atoms with van der Waals surface area (Å²) in [6, 6.07) is 0.550. The van der Waals surface area contributed by atoms with Crippen molar-refractivity contribution in [1.82, 2.24) is 20.8 Å². The van der Waals surface area contributed by atoms with Gasteiger partial charge in [-0.1, -0.05) is 5.16 Å². The minimum atomic E-state index is 0.467. The smallest absolute Gasteiger partial charge is 0.229 e. The van der Waals surface area contributed by atoms with Crippen LogP contribution in [0.15, 0.2) is 4.52 Å². The van der Waals surface area contributed by atoms with Gasteiger partial charge in [0, 0.05) is 18.4 Å². The SMILES string of the molecule is C1CNC(Cc2noc(C3CCNCC3)n2)C1. The van der Waals surface area contributed by atoms with Crippen molar-refractivity contribution in [2.45, 2.75) is 44.1 Å². The summed E-state index contributed by atoms with van der Waals surface area (Å²) in [5, 5.41) is 10.9. The van der Waals surface area contributed by atoms with Crippen LogP contribution in [0.1, 0.15) is 43.3 Å². The fourth-order valence-corrected chi connectivity index (χ4v) is 2.74. The highest BCUT2D eigenvalue weighted by Crippen LogP contribution is 2.23. The van der Waals surface area contributed by atoms with E-state index in [-0.39, 0.29) is 0 Å². The quantitative estimate of drug-likeness (QED) is 0.814. The van der Waals surface area contributed by atoms with Crippen LogP contribution >= 0.6 is 0 Å². The Labute approximate surface area is 101 Å². The molecule has 1 unspecified atom stereocenters. The maximum absolute atomic E-state index is 5.40.